The summed E-state index contributed by atoms with van der Waals surface area (Å²) in [5.41, 5.74) is 7.03. The molecule has 1 aromatic carbocycles. The van der Waals surface area contributed by atoms with Gasteiger partial charge in [-0.1, -0.05) is 38.8 Å². The number of benzene rings is 1. The summed E-state index contributed by atoms with van der Waals surface area (Å²) < 4.78 is 6.05. The quantitative estimate of drug-likeness (QED) is 0.622. The van der Waals surface area contributed by atoms with E-state index in [-0.39, 0.29) is 0 Å². The van der Waals surface area contributed by atoms with Gasteiger partial charge in [0, 0.05) is 5.25 Å². The summed E-state index contributed by atoms with van der Waals surface area (Å²) in [4.78, 5) is 0. The van der Waals surface area contributed by atoms with Gasteiger partial charge in [0.1, 0.15) is 5.75 Å². The minimum atomic E-state index is 0.473. The smallest absolute Gasteiger partial charge is 0.119 e. The van der Waals surface area contributed by atoms with Gasteiger partial charge in [-0.15, -0.1) is 0 Å². The number of thioether (sulfide) groups is 1. The molecule has 0 saturated carbocycles. The maximum absolute atomic E-state index is 6.05. The molecule has 0 spiro atoms. The Morgan fingerprint density at radius 3 is 2.43 bits per heavy atom. The van der Waals surface area contributed by atoms with Crippen molar-refractivity contribution in [2.75, 3.05) is 19.4 Å². The normalized spacial score (nSPS) is 12.6. The molecule has 1 atom stereocenters. The highest BCUT2D eigenvalue weighted by molar-refractivity contribution is 7.98. The van der Waals surface area contributed by atoms with Gasteiger partial charge < -0.3 is 10.5 Å². The molecule has 1 aromatic rings. The van der Waals surface area contributed by atoms with E-state index in [1.807, 2.05) is 11.8 Å². The van der Waals surface area contributed by atoms with Gasteiger partial charge in [-0.05, 0) is 55.7 Å². The van der Waals surface area contributed by atoms with E-state index in [1.165, 1.54) is 31.2 Å². The Morgan fingerprint density at radius 1 is 1.14 bits per heavy atom. The van der Waals surface area contributed by atoms with Crippen molar-refractivity contribution in [3.8, 4) is 5.75 Å². The summed E-state index contributed by atoms with van der Waals surface area (Å²) in [6, 6.07) is 8.53. The number of ether oxygens (including phenoxy) is 1. The molecule has 21 heavy (non-hydrogen) atoms. The summed E-state index contributed by atoms with van der Waals surface area (Å²) >= 11 is 1.86. The first-order chi connectivity index (χ1) is 10.2. The number of hydrogen-bond acceptors (Lipinski definition) is 3. The van der Waals surface area contributed by atoms with Crippen molar-refractivity contribution in [2.24, 2.45) is 11.7 Å². The summed E-state index contributed by atoms with van der Waals surface area (Å²) in [6.07, 6.45) is 8.14. The molecule has 120 valence electrons. The molecule has 0 aromatic heterocycles. The Balaban J connectivity index is 2.62. The van der Waals surface area contributed by atoms with Gasteiger partial charge in [0.05, 0.1) is 6.61 Å². The lowest BCUT2D eigenvalue weighted by molar-refractivity contribution is 0.229. The minimum Gasteiger partial charge on any atom is -0.493 e. The second-order valence-electron chi connectivity index (χ2n) is 5.63. The molecule has 3 heteroatoms. The third-order valence-corrected chi connectivity index (χ3v) is 4.90. The molecule has 0 aliphatic rings. The molecule has 0 aliphatic heterocycles. The Kier molecular flexibility index (Phi) is 9.60. The van der Waals surface area contributed by atoms with Gasteiger partial charge in [0.2, 0.25) is 0 Å². The van der Waals surface area contributed by atoms with Gasteiger partial charge in [0.25, 0.3) is 0 Å². The minimum absolute atomic E-state index is 0.473. The topological polar surface area (TPSA) is 35.2 Å². The van der Waals surface area contributed by atoms with Crippen LogP contribution in [0.3, 0.4) is 0 Å². The largest absolute Gasteiger partial charge is 0.493 e. The van der Waals surface area contributed by atoms with Crippen molar-refractivity contribution in [2.45, 2.75) is 51.2 Å². The van der Waals surface area contributed by atoms with Crippen molar-refractivity contribution in [3.05, 3.63) is 29.8 Å². The van der Waals surface area contributed by atoms with Crippen molar-refractivity contribution in [3.63, 3.8) is 0 Å². The predicted molar refractivity (Wildman–Crippen MR) is 95.2 cm³/mol. The number of hydrogen-bond donors (Lipinski definition) is 1. The fourth-order valence-corrected chi connectivity index (χ4v) is 3.51. The third-order valence-electron chi connectivity index (χ3n) is 3.82. The van der Waals surface area contributed by atoms with Gasteiger partial charge in [-0.2, -0.15) is 11.8 Å². The molecule has 0 radical (unpaired) electrons. The molecule has 0 fully saturated rings. The number of nitrogens with two attached hydrogens (primary N) is 1. The van der Waals surface area contributed by atoms with Crippen molar-refractivity contribution in [1.29, 1.82) is 0 Å². The Morgan fingerprint density at radius 2 is 1.86 bits per heavy atom. The highest BCUT2D eigenvalue weighted by atomic mass is 32.2. The summed E-state index contributed by atoms with van der Waals surface area (Å²) in [6.45, 7) is 6.07. The van der Waals surface area contributed by atoms with E-state index >= 15 is 0 Å². The highest BCUT2D eigenvalue weighted by Crippen LogP contribution is 2.31. The SMILES string of the molecule is CCCC(CCC)COc1cccc(C(CCN)SC)c1. The molecule has 2 N–H and O–H groups in total. The summed E-state index contributed by atoms with van der Waals surface area (Å²) in [7, 11) is 0. The lowest BCUT2D eigenvalue weighted by Gasteiger charge is -2.18. The predicted octanol–water partition coefficient (Wildman–Crippen LogP) is 5.03. The zero-order valence-electron chi connectivity index (χ0n) is 13.8. The fourth-order valence-electron chi connectivity index (χ4n) is 2.72. The van der Waals surface area contributed by atoms with Crippen LogP contribution in [0.15, 0.2) is 24.3 Å². The van der Waals surface area contributed by atoms with Crippen LogP contribution >= 0.6 is 11.8 Å². The Hall–Kier alpha value is -0.670. The van der Waals surface area contributed by atoms with Gasteiger partial charge in [0.15, 0.2) is 0 Å². The van der Waals surface area contributed by atoms with Crippen molar-refractivity contribution in [1.82, 2.24) is 0 Å². The van der Waals surface area contributed by atoms with Gasteiger partial charge in [-0.25, -0.2) is 0 Å². The summed E-state index contributed by atoms with van der Waals surface area (Å²) in [5, 5.41) is 0.473. The van der Waals surface area contributed by atoms with Crippen LogP contribution in [0.25, 0.3) is 0 Å². The van der Waals surface area contributed by atoms with E-state index in [0.29, 0.717) is 11.2 Å². The maximum atomic E-state index is 6.05. The van der Waals surface area contributed by atoms with E-state index in [0.717, 1.165) is 25.3 Å². The second kappa shape index (κ2) is 11.0. The van der Waals surface area contributed by atoms with Crippen LogP contribution in [0.1, 0.15) is 56.8 Å². The lowest BCUT2D eigenvalue weighted by atomic mass is 9.99. The third kappa shape index (κ3) is 6.75. The van der Waals surface area contributed by atoms with E-state index < -0.39 is 0 Å². The van der Waals surface area contributed by atoms with Crippen LogP contribution in [0.2, 0.25) is 0 Å². The molecular weight excluding hydrogens is 278 g/mol. The van der Waals surface area contributed by atoms with Crippen LogP contribution in [0, 0.1) is 5.92 Å². The van der Waals surface area contributed by atoms with E-state index in [9.17, 15) is 0 Å². The first kappa shape index (κ1) is 18.4. The van der Waals surface area contributed by atoms with Gasteiger partial charge in [-0.3, -0.25) is 0 Å². The molecule has 0 saturated heterocycles. The molecular formula is C18H31NOS. The molecule has 0 heterocycles. The van der Waals surface area contributed by atoms with Crippen LogP contribution < -0.4 is 10.5 Å². The van der Waals surface area contributed by atoms with E-state index in [4.69, 9.17) is 10.5 Å². The van der Waals surface area contributed by atoms with Crippen LogP contribution in [-0.2, 0) is 0 Å². The molecule has 2 nitrogen and oxygen atoms in total. The zero-order valence-corrected chi connectivity index (χ0v) is 14.6. The van der Waals surface area contributed by atoms with Crippen molar-refractivity contribution >= 4 is 11.8 Å². The molecule has 1 unspecified atom stereocenters. The fraction of sp³-hybridized carbons (Fsp3) is 0.667. The lowest BCUT2D eigenvalue weighted by Crippen LogP contribution is -2.12. The first-order valence-corrected chi connectivity index (χ1v) is 9.49. The molecule has 0 aliphatic carbocycles. The van der Waals surface area contributed by atoms with Crippen LogP contribution in [0.5, 0.6) is 5.75 Å². The second-order valence-corrected chi connectivity index (χ2v) is 6.67. The first-order valence-electron chi connectivity index (χ1n) is 8.20. The average molecular weight is 310 g/mol. The van der Waals surface area contributed by atoms with Crippen molar-refractivity contribution < 1.29 is 4.74 Å². The number of rotatable bonds is 11. The molecule has 0 bridgehead atoms. The zero-order chi connectivity index (χ0) is 15.5. The highest BCUT2D eigenvalue weighted by Gasteiger charge is 2.11. The van der Waals surface area contributed by atoms with E-state index in [1.54, 1.807) is 0 Å². The summed E-state index contributed by atoms with van der Waals surface area (Å²) in [5.74, 6) is 1.69. The molecule has 0 amide bonds. The monoisotopic (exact) mass is 309 g/mol. The Labute approximate surface area is 134 Å². The molecule has 1 rings (SSSR count). The average Bonchev–Trinajstić information content (AvgIpc) is 2.51. The Bertz CT molecular complexity index is 377. The van der Waals surface area contributed by atoms with E-state index in [2.05, 4.69) is 44.4 Å². The van der Waals surface area contributed by atoms with Gasteiger partial charge >= 0.3 is 0 Å². The van der Waals surface area contributed by atoms with Crippen LogP contribution in [0.4, 0.5) is 0 Å². The van der Waals surface area contributed by atoms with Crippen LogP contribution in [-0.4, -0.2) is 19.4 Å². The maximum Gasteiger partial charge on any atom is 0.119 e. The standard InChI is InChI=1S/C18H31NOS/c1-4-7-15(8-5-2)14-20-17-10-6-9-16(13-17)18(21-3)11-12-19/h6,9-10,13,15,18H,4-5,7-8,11-12,14,19H2,1-3H3.